The summed E-state index contributed by atoms with van der Waals surface area (Å²) < 4.78 is 5.18. The minimum absolute atomic E-state index is 0.0677. The fourth-order valence-electron chi connectivity index (χ4n) is 3.20. The van der Waals surface area contributed by atoms with Crippen molar-refractivity contribution in [2.45, 2.75) is 0 Å². The van der Waals surface area contributed by atoms with E-state index in [1.165, 1.54) is 0 Å². The first-order chi connectivity index (χ1) is 14.2. The van der Waals surface area contributed by atoms with Crippen LogP contribution in [0, 0.1) is 0 Å². The molecule has 4 rings (SSSR count). The van der Waals surface area contributed by atoms with Gasteiger partial charge in [-0.25, -0.2) is 9.97 Å². The van der Waals surface area contributed by atoms with Crippen LogP contribution in [0.5, 0.6) is 5.75 Å². The van der Waals surface area contributed by atoms with Crippen LogP contribution in [0.3, 0.4) is 0 Å². The van der Waals surface area contributed by atoms with Crippen LogP contribution in [0.1, 0.15) is 10.4 Å². The second kappa shape index (κ2) is 8.70. The average Bonchev–Trinajstić information content (AvgIpc) is 2.80. The number of ether oxygens (including phenoxy) is 1. The number of amides is 1. The predicted molar refractivity (Wildman–Crippen MR) is 113 cm³/mol. The Bertz CT molecular complexity index is 950. The fourth-order valence-corrected chi connectivity index (χ4v) is 3.20. The van der Waals surface area contributed by atoms with E-state index in [4.69, 9.17) is 4.74 Å². The number of nitrogens with one attached hydrogen (secondary N) is 2. The van der Waals surface area contributed by atoms with Gasteiger partial charge in [-0.2, -0.15) is 0 Å². The number of nitrogens with zero attached hydrogens (tertiary/aromatic N) is 3. The van der Waals surface area contributed by atoms with Crippen LogP contribution in [0.15, 0.2) is 60.9 Å². The van der Waals surface area contributed by atoms with Crippen LogP contribution in [0.4, 0.5) is 11.6 Å². The van der Waals surface area contributed by atoms with Crippen LogP contribution >= 0.6 is 0 Å². The molecule has 7 nitrogen and oxygen atoms in total. The number of carbonyl (C=O) groups is 1. The van der Waals surface area contributed by atoms with E-state index in [-0.39, 0.29) is 5.91 Å². The van der Waals surface area contributed by atoms with Gasteiger partial charge in [0.25, 0.3) is 5.91 Å². The first-order valence-corrected chi connectivity index (χ1v) is 9.56. The summed E-state index contributed by atoms with van der Waals surface area (Å²) in [5.41, 5.74) is 3.47. The smallest absolute Gasteiger partial charge is 0.253 e. The van der Waals surface area contributed by atoms with Gasteiger partial charge in [-0.3, -0.25) is 4.79 Å². The first kappa shape index (κ1) is 18.9. The molecule has 0 unspecified atom stereocenters. The largest absolute Gasteiger partial charge is 0.497 e. The maximum absolute atomic E-state index is 12.5. The molecular formula is C22H23N5O2. The topological polar surface area (TPSA) is 79.4 Å². The number of benzene rings is 2. The normalized spacial score (nSPS) is 13.8. The third-order valence-electron chi connectivity index (χ3n) is 4.87. The first-order valence-electron chi connectivity index (χ1n) is 9.56. The second-order valence-electron chi connectivity index (χ2n) is 6.77. The molecule has 1 fully saturated rings. The van der Waals surface area contributed by atoms with Gasteiger partial charge in [0.2, 0.25) is 5.95 Å². The lowest BCUT2D eigenvalue weighted by Gasteiger charge is -2.27. The van der Waals surface area contributed by atoms with Gasteiger partial charge in [0.05, 0.1) is 7.11 Å². The van der Waals surface area contributed by atoms with Crippen molar-refractivity contribution in [3.05, 3.63) is 66.5 Å². The molecule has 29 heavy (non-hydrogen) atoms. The van der Waals surface area contributed by atoms with Gasteiger partial charge in [0.1, 0.15) is 5.75 Å². The summed E-state index contributed by atoms with van der Waals surface area (Å²) in [6, 6.07) is 15.2. The van der Waals surface area contributed by atoms with Crippen molar-refractivity contribution in [1.29, 1.82) is 0 Å². The third kappa shape index (κ3) is 4.52. The molecule has 0 spiro atoms. The van der Waals surface area contributed by atoms with Crippen LogP contribution in [0.2, 0.25) is 0 Å². The molecule has 0 radical (unpaired) electrons. The van der Waals surface area contributed by atoms with Crippen LogP contribution in [-0.2, 0) is 0 Å². The van der Waals surface area contributed by atoms with Crippen molar-refractivity contribution < 1.29 is 9.53 Å². The zero-order valence-electron chi connectivity index (χ0n) is 16.3. The molecule has 148 valence electrons. The summed E-state index contributed by atoms with van der Waals surface area (Å²) in [5, 5.41) is 6.42. The third-order valence-corrected chi connectivity index (χ3v) is 4.87. The molecule has 7 heteroatoms. The minimum Gasteiger partial charge on any atom is -0.497 e. The molecule has 2 N–H and O–H groups in total. The van der Waals surface area contributed by atoms with E-state index >= 15 is 0 Å². The monoisotopic (exact) mass is 389 g/mol. The molecule has 2 heterocycles. The van der Waals surface area contributed by atoms with Crippen molar-refractivity contribution in [3.8, 4) is 16.9 Å². The van der Waals surface area contributed by atoms with E-state index in [2.05, 4.69) is 20.6 Å². The van der Waals surface area contributed by atoms with Gasteiger partial charge < -0.3 is 20.3 Å². The van der Waals surface area contributed by atoms with Crippen molar-refractivity contribution in [2.75, 3.05) is 38.6 Å². The Morgan fingerprint density at radius 2 is 1.62 bits per heavy atom. The maximum atomic E-state index is 12.5. The van der Waals surface area contributed by atoms with Gasteiger partial charge in [-0.05, 0) is 42.0 Å². The Labute approximate surface area is 169 Å². The Kier molecular flexibility index (Phi) is 5.67. The lowest BCUT2D eigenvalue weighted by atomic mass is 10.1. The highest BCUT2D eigenvalue weighted by Gasteiger charge is 2.17. The minimum atomic E-state index is 0.0677. The fraction of sp³-hybridized carbons (Fsp3) is 0.227. The molecular weight excluding hydrogens is 366 g/mol. The zero-order valence-corrected chi connectivity index (χ0v) is 16.3. The molecule has 0 saturated carbocycles. The number of carbonyl (C=O) groups excluding carboxylic acids is 1. The highest BCUT2D eigenvalue weighted by Crippen LogP contribution is 2.22. The molecule has 1 aromatic heterocycles. The molecule has 0 bridgehead atoms. The van der Waals surface area contributed by atoms with Gasteiger partial charge in [0, 0.05) is 55.4 Å². The summed E-state index contributed by atoms with van der Waals surface area (Å²) in [6.07, 6.45) is 3.55. The van der Waals surface area contributed by atoms with Crippen molar-refractivity contribution >= 4 is 17.5 Å². The average molecular weight is 389 g/mol. The number of anilines is 2. The number of methoxy groups -OCH3 is 1. The molecule has 1 saturated heterocycles. The number of aromatic nitrogens is 2. The second-order valence-corrected chi connectivity index (χ2v) is 6.77. The molecule has 2 aromatic carbocycles. The van der Waals surface area contributed by atoms with E-state index in [1.54, 1.807) is 19.5 Å². The summed E-state index contributed by atoms with van der Waals surface area (Å²) in [7, 11) is 1.65. The number of hydrogen-bond donors (Lipinski definition) is 2. The summed E-state index contributed by atoms with van der Waals surface area (Å²) in [6.45, 7) is 3.17. The van der Waals surface area contributed by atoms with Gasteiger partial charge in [0.15, 0.2) is 0 Å². The van der Waals surface area contributed by atoms with Crippen LogP contribution < -0.4 is 15.4 Å². The van der Waals surface area contributed by atoms with Gasteiger partial charge >= 0.3 is 0 Å². The molecule has 0 atom stereocenters. The molecule has 1 amide bonds. The van der Waals surface area contributed by atoms with Crippen LogP contribution in [0.25, 0.3) is 11.1 Å². The van der Waals surface area contributed by atoms with E-state index in [1.807, 2.05) is 53.4 Å². The predicted octanol–water partition coefficient (Wildman–Crippen LogP) is 2.94. The summed E-state index contributed by atoms with van der Waals surface area (Å²) >= 11 is 0. The Hall–Kier alpha value is -3.45. The highest BCUT2D eigenvalue weighted by atomic mass is 16.5. The summed E-state index contributed by atoms with van der Waals surface area (Å²) in [4.78, 5) is 23.2. The van der Waals surface area contributed by atoms with E-state index < -0.39 is 0 Å². The molecule has 3 aromatic rings. The lowest BCUT2D eigenvalue weighted by molar-refractivity contribution is 0.0736. The number of rotatable bonds is 5. The molecule has 1 aliphatic rings. The van der Waals surface area contributed by atoms with Crippen molar-refractivity contribution in [3.63, 3.8) is 0 Å². The molecule has 1 aliphatic heterocycles. The Morgan fingerprint density at radius 1 is 0.966 bits per heavy atom. The number of hydrogen-bond acceptors (Lipinski definition) is 6. The lowest BCUT2D eigenvalue weighted by Crippen LogP contribution is -2.46. The van der Waals surface area contributed by atoms with Gasteiger partial charge in [-0.1, -0.05) is 12.1 Å². The zero-order chi connectivity index (χ0) is 20.1. The Balaban J connectivity index is 1.40. The van der Waals surface area contributed by atoms with E-state index in [9.17, 15) is 4.79 Å². The highest BCUT2D eigenvalue weighted by molar-refractivity contribution is 5.94. The van der Waals surface area contributed by atoms with Gasteiger partial charge in [-0.15, -0.1) is 0 Å². The SMILES string of the molecule is COc1ccc(-c2cnc(Nc3ccc(C(=O)N4CCNCC4)cc3)nc2)cc1. The van der Waals surface area contributed by atoms with Crippen molar-refractivity contribution in [2.24, 2.45) is 0 Å². The number of piperazine rings is 1. The quantitative estimate of drug-likeness (QED) is 0.699. The standard InChI is InChI=1S/C22H23N5O2/c1-29-20-8-4-16(5-9-20)18-14-24-22(25-15-18)26-19-6-2-17(3-7-19)21(28)27-12-10-23-11-13-27/h2-9,14-15,23H,10-13H2,1H3,(H,24,25,26). The van der Waals surface area contributed by atoms with E-state index in [0.717, 1.165) is 48.7 Å². The van der Waals surface area contributed by atoms with Crippen molar-refractivity contribution in [1.82, 2.24) is 20.2 Å². The van der Waals surface area contributed by atoms with Crippen LogP contribution in [-0.4, -0.2) is 54.1 Å². The summed E-state index contributed by atoms with van der Waals surface area (Å²) in [5.74, 6) is 1.38. The maximum Gasteiger partial charge on any atom is 0.253 e. The Morgan fingerprint density at radius 3 is 2.24 bits per heavy atom. The van der Waals surface area contributed by atoms with E-state index in [0.29, 0.717) is 11.5 Å². The molecule has 0 aliphatic carbocycles.